The predicted octanol–water partition coefficient (Wildman–Crippen LogP) is 4.50. The summed E-state index contributed by atoms with van der Waals surface area (Å²) in [7, 11) is 0. The zero-order chi connectivity index (χ0) is 16.8. The second-order valence-electron chi connectivity index (χ2n) is 7.43. The van der Waals surface area contributed by atoms with Crippen molar-refractivity contribution in [1.82, 2.24) is 0 Å². The maximum absolute atomic E-state index is 11.7. The highest BCUT2D eigenvalue weighted by Crippen LogP contribution is 2.48. The fourth-order valence-electron chi connectivity index (χ4n) is 3.58. The van der Waals surface area contributed by atoms with Crippen molar-refractivity contribution in [2.24, 2.45) is 0 Å². The van der Waals surface area contributed by atoms with Gasteiger partial charge >= 0.3 is 0 Å². The van der Waals surface area contributed by atoms with E-state index < -0.39 is 5.60 Å². The van der Waals surface area contributed by atoms with Crippen LogP contribution in [0.25, 0.3) is 0 Å². The van der Waals surface area contributed by atoms with Gasteiger partial charge in [-0.05, 0) is 54.9 Å². The maximum Gasteiger partial charge on any atom is 0.159 e. The van der Waals surface area contributed by atoms with Crippen LogP contribution in [-0.2, 0) is 11.0 Å². The lowest BCUT2D eigenvalue weighted by molar-refractivity contribution is 0.0495. The molecule has 1 unspecified atom stereocenters. The number of aryl methyl sites for hydroxylation is 1. The van der Waals surface area contributed by atoms with Crippen LogP contribution >= 0.6 is 0 Å². The van der Waals surface area contributed by atoms with Gasteiger partial charge in [0.15, 0.2) is 5.78 Å². The number of benzene rings is 2. The molecule has 0 saturated heterocycles. The number of aliphatic hydroxyl groups is 1. The number of ketones is 1. The van der Waals surface area contributed by atoms with Gasteiger partial charge < -0.3 is 5.11 Å². The molecule has 2 nitrogen and oxygen atoms in total. The van der Waals surface area contributed by atoms with Gasteiger partial charge in [-0.3, -0.25) is 4.79 Å². The smallest absolute Gasteiger partial charge is 0.159 e. The lowest BCUT2D eigenvalue weighted by Gasteiger charge is -2.43. The van der Waals surface area contributed by atoms with Crippen LogP contribution in [0.15, 0.2) is 42.5 Å². The lowest BCUT2D eigenvalue weighted by Crippen LogP contribution is -2.38. The molecule has 1 atom stereocenters. The Morgan fingerprint density at radius 1 is 1.00 bits per heavy atom. The Bertz CT molecular complexity index is 756. The van der Waals surface area contributed by atoms with E-state index in [2.05, 4.69) is 13.8 Å². The van der Waals surface area contributed by atoms with Crippen molar-refractivity contribution in [3.63, 3.8) is 0 Å². The first-order chi connectivity index (χ1) is 10.7. The van der Waals surface area contributed by atoms with Gasteiger partial charge in [0.2, 0.25) is 0 Å². The first-order valence-corrected chi connectivity index (χ1v) is 8.19. The summed E-state index contributed by atoms with van der Waals surface area (Å²) < 4.78 is 0. The zero-order valence-corrected chi connectivity index (χ0v) is 14.3. The van der Waals surface area contributed by atoms with Gasteiger partial charge in [0.05, 0.1) is 0 Å². The molecule has 1 aliphatic rings. The van der Waals surface area contributed by atoms with E-state index in [1.165, 1.54) is 5.56 Å². The largest absolute Gasteiger partial charge is 0.380 e. The summed E-state index contributed by atoms with van der Waals surface area (Å²) in [5.74, 6) is 0.0630. The Morgan fingerprint density at radius 3 is 2.26 bits per heavy atom. The predicted molar refractivity (Wildman–Crippen MR) is 92.9 cm³/mol. The average molecular weight is 308 g/mol. The maximum atomic E-state index is 11.7. The number of carbonyl (C=O) groups excluding carboxylic acids is 1. The number of hydrogen-bond donors (Lipinski definition) is 1. The molecular weight excluding hydrogens is 284 g/mol. The molecule has 3 rings (SSSR count). The zero-order valence-electron chi connectivity index (χ0n) is 14.3. The minimum absolute atomic E-state index is 0.0439. The molecular formula is C21H24O2. The van der Waals surface area contributed by atoms with Crippen molar-refractivity contribution in [1.29, 1.82) is 0 Å². The molecule has 0 aromatic heterocycles. The second-order valence-corrected chi connectivity index (χ2v) is 7.43. The van der Waals surface area contributed by atoms with Crippen LogP contribution in [0.5, 0.6) is 0 Å². The van der Waals surface area contributed by atoms with Crippen LogP contribution in [0.1, 0.15) is 66.2 Å². The number of hydrogen-bond acceptors (Lipinski definition) is 2. The molecule has 0 heterocycles. The molecule has 0 amide bonds. The first kappa shape index (κ1) is 15.9. The quantitative estimate of drug-likeness (QED) is 0.829. The van der Waals surface area contributed by atoms with E-state index in [-0.39, 0.29) is 11.2 Å². The molecule has 0 radical (unpaired) electrons. The SMILES string of the molecule is CC(=O)c1ccc2c(c1)C(C)(C)CCC2(O)c1ccc(C)cc1. The molecule has 0 spiro atoms. The van der Waals surface area contributed by atoms with Crippen LogP contribution in [0.2, 0.25) is 0 Å². The molecule has 23 heavy (non-hydrogen) atoms. The van der Waals surface area contributed by atoms with E-state index in [1.807, 2.05) is 49.4 Å². The Labute approximate surface area is 138 Å². The normalized spacial score (nSPS) is 22.5. The highest BCUT2D eigenvalue weighted by molar-refractivity contribution is 5.94. The van der Waals surface area contributed by atoms with Crippen molar-refractivity contribution >= 4 is 5.78 Å². The fourth-order valence-corrected chi connectivity index (χ4v) is 3.58. The van der Waals surface area contributed by atoms with Gasteiger partial charge in [-0.15, -0.1) is 0 Å². The minimum atomic E-state index is -0.978. The van der Waals surface area contributed by atoms with Crippen molar-refractivity contribution < 1.29 is 9.90 Å². The molecule has 2 aromatic rings. The Kier molecular flexibility index (Phi) is 3.68. The van der Waals surface area contributed by atoms with E-state index in [4.69, 9.17) is 0 Å². The highest BCUT2D eigenvalue weighted by Gasteiger charge is 2.42. The van der Waals surface area contributed by atoms with Crippen LogP contribution in [-0.4, -0.2) is 10.9 Å². The number of Topliss-reactive ketones (excluding diaryl/α,β-unsaturated/α-hetero) is 1. The molecule has 0 fully saturated rings. The fraction of sp³-hybridized carbons (Fsp3) is 0.381. The summed E-state index contributed by atoms with van der Waals surface area (Å²) in [4.78, 5) is 11.7. The van der Waals surface area contributed by atoms with Crippen molar-refractivity contribution in [3.8, 4) is 0 Å². The van der Waals surface area contributed by atoms with Gasteiger partial charge in [-0.2, -0.15) is 0 Å². The monoisotopic (exact) mass is 308 g/mol. The van der Waals surface area contributed by atoms with E-state index in [9.17, 15) is 9.90 Å². The summed E-state index contributed by atoms with van der Waals surface area (Å²) in [6.07, 6.45) is 1.57. The van der Waals surface area contributed by atoms with Gasteiger partial charge in [0.25, 0.3) is 0 Å². The number of fused-ring (bicyclic) bond motifs is 1. The molecule has 0 aliphatic heterocycles. The van der Waals surface area contributed by atoms with Crippen molar-refractivity contribution in [2.45, 2.75) is 51.6 Å². The Morgan fingerprint density at radius 2 is 1.65 bits per heavy atom. The van der Waals surface area contributed by atoms with E-state index >= 15 is 0 Å². The third kappa shape index (κ3) is 2.61. The van der Waals surface area contributed by atoms with E-state index in [1.54, 1.807) is 6.92 Å². The van der Waals surface area contributed by atoms with Crippen LogP contribution in [0.4, 0.5) is 0 Å². The van der Waals surface area contributed by atoms with Gasteiger partial charge in [0.1, 0.15) is 5.60 Å². The first-order valence-electron chi connectivity index (χ1n) is 8.19. The summed E-state index contributed by atoms with van der Waals surface area (Å²) in [5, 5.41) is 11.5. The molecule has 0 bridgehead atoms. The topological polar surface area (TPSA) is 37.3 Å². The molecule has 1 N–H and O–H groups in total. The van der Waals surface area contributed by atoms with Gasteiger partial charge in [0, 0.05) is 5.56 Å². The third-order valence-corrected chi connectivity index (χ3v) is 5.24. The van der Waals surface area contributed by atoms with Crippen LogP contribution in [0, 0.1) is 6.92 Å². The lowest BCUT2D eigenvalue weighted by atomic mass is 9.64. The standard InChI is InChI=1S/C21H24O2/c1-14-5-8-17(9-6-14)21(23)12-11-20(3,4)19-13-16(15(2)22)7-10-18(19)21/h5-10,13,23H,11-12H2,1-4H3. The summed E-state index contributed by atoms with van der Waals surface area (Å²) >= 11 is 0. The van der Waals surface area contributed by atoms with Crippen LogP contribution < -0.4 is 0 Å². The van der Waals surface area contributed by atoms with Gasteiger partial charge in [-0.25, -0.2) is 0 Å². The molecule has 0 saturated carbocycles. The number of rotatable bonds is 2. The molecule has 2 aromatic carbocycles. The summed E-state index contributed by atoms with van der Waals surface area (Å²) in [5.41, 5.74) is 3.81. The van der Waals surface area contributed by atoms with Crippen molar-refractivity contribution in [3.05, 3.63) is 70.3 Å². The third-order valence-electron chi connectivity index (χ3n) is 5.24. The second kappa shape index (κ2) is 5.31. The van der Waals surface area contributed by atoms with E-state index in [0.717, 1.165) is 23.1 Å². The van der Waals surface area contributed by atoms with Crippen LogP contribution in [0.3, 0.4) is 0 Å². The molecule has 120 valence electrons. The molecule has 1 aliphatic carbocycles. The highest BCUT2D eigenvalue weighted by atomic mass is 16.3. The summed E-state index contributed by atoms with van der Waals surface area (Å²) in [6.45, 7) is 8.00. The Hall–Kier alpha value is -1.93. The van der Waals surface area contributed by atoms with Crippen molar-refractivity contribution in [2.75, 3.05) is 0 Å². The summed E-state index contributed by atoms with van der Waals surface area (Å²) in [6, 6.07) is 13.8. The Balaban J connectivity index is 2.20. The molecule has 2 heteroatoms. The van der Waals surface area contributed by atoms with E-state index in [0.29, 0.717) is 12.0 Å². The average Bonchev–Trinajstić information content (AvgIpc) is 2.52. The minimum Gasteiger partial charge on any atom is -0.380 e. The van der Waals surface area contributed by atoms with Gasteiger partial charge in [-0.1, -0.05) is 55.8 Å². The number of carbonyl (C=O) groups is 1.